The van der Waals surface area contributed by atoms with Gasteiger partial charge in [0.2, 0.25) is 0 Å². The van der Waals surface area contributed by atoms with E-state index in [2.05, 4.69) is 0 Å². The van der Waals surface area contributed by atoms with Crippen molar-refractivity contribution in [3.63, 3.8) is 0 Å². The van der Waals surface area contributed by atoms with Gasteiger partial charge < -0.3 is 9.25 Å². The SMILES string of the molecule is CCN(CC)OC(=O)c1cc2ccccc2oc1=O. The van der Waals surface area contributed by atoms with E-state index in [4.69, 9.17) is 9.25 Å². The Morgan fingerprint density at radius 1 is 1.26 bits per heavy atom. The highest BCUT2D eigenvalue weighted by molar-refractivity contribution is 5.92. The molecule has 0 aliphatic carbocycles. The van der Waals surface area contributed by atoms with Crippen LogP contribution in [0, 0.1) is 0 Å². The van der Waals surface area contributed by atoms with Gasteiger partial charge >= 0.3 is 11.6 Å². The van der Waals surface area contributed by atoms with Gasteiger partial charge in [-0.25, -0.2) is 9.59 Å². The topological polar surface area (TPSA) is 59.8 Å². The van der Waals surface area contributed by atoms with Gasteiger partial charge in [-0.2, -0.15) is 0 Å². The molecular formula is C14H15NO4. The quantitative estimate of drug-likeness (QED) is 0.623. The fraction of sp³-hybridized carbons (Fsp3) is 0.286. The van der Waals surface area contributed by atoms with E-state index in [1.165, 1.54) is 11.1 Å². The summed E-state index contributed by atoms with van der Waals surface area (Å²) < 4.78 is 5.09. The van der Waals surface area contributed by atoms with E-state index in [0.717, 1.165) is 0 Å². The standard InChI is InChI=1S/C14H15NO4/c1-3-15(4-2)19-14(17)11-9-10-7-5-6-8-12(10)18-13(11)16/h5-9H,3-4H2,1-2H3. The number of carbonyl (C=O) groups excluding carboxylic acids is 1. The lowest BCUT2D eigenvalue weighted by Gasteiger charge is -2.16. The molecule has 0 N–H and O–H groups in total. The summed E-state index contributed by atoms with van der Waals surface area (Å²) in [6.07, 6.45) is 0. The minimum absolute atomic E-state index is 0.0920. The van der Waals surface area contributed by atoms with Crippen molar-refractivity contribution in [3.05, 3.63) is 46.3 Å². The third-order valence-corrected chi connectivity index (χ3v) is 2.78. The van der Waals surface area contributed by atoms with Gasteiger partial charge in [0, 0.05) is 18.5 Å². The first-order valence-corrected chi connectivity index (χ1v) is 6.15. The summed E-state index contributed by atoms with van der Waals surface area (Å²) in [7, 11) is 0. The normalized spacial score (nSPS) is 10.9. The first kappa shape index (κ1) is 13.3. The Kier molecular flexibility index (Phi) is 3.97. The van der Waals surface area contributed by atoms with Crippen LogP contribution in [-0.2, 0) is 4.84 Å². The van der Waals surface area contributed by atoms with Gasteiger partial charge in [-0.1, -0.05) is 18.2 Å². The lowest BCUT2D eigenvalue weighted by molar-refractivity contribution is -0.103. The molecule has 5 heteroatoms. The summed E-state index contributed by atoms with van der Waals surface area (Å²) in [5, 5.41) is 2.16. The molecule has 0 unspecified atom stereocenters. The van der Waals surface area contributed by atoms with Gasteiger partial charge in [-0.05, 0) is 26.0 Å². The summed E-state index contributed by atoms with van der Waals surface area (Å²) in [4.78, 5) is 28.8. The van der Waals surface area contributed by atoms with Crippen LogP contribution in [-0.4, -0.2) is 24.1 Å². The van der Waals surface area contributed by atoms with Crippen molar-refractivity contribution >= 4 is 16.9 Å². The van der Waals surface area contributed by atoms with Gasteiger partial charge in [0.25, 0.3) is 0 Å². The van der Waals surface area contributed by atoms with E-state index in [-0.39, 0.29) is 5.56 Å². The molecule has 0 spiro atoms. The molecule has 1 aromatic carbocycles. The number of rotatable bonds is 4. The average Bonchev–Trinajstić information content (AvgIpc) is 2.43. The molecular weight excluding hydrogens is 246 g/mol. The molecule has 0 radical (unpaired) electrons. The maximum Gasteiger partial charge on any atom is 0.364 e. The fourth-order valence-corrected chi connectivity index (χ4v) is 1.72. The Labute approximate surface area is 110 Å². The lowest BCUT2D eigenvalue weighted by Crippen LogP contribution is -2.29. The second-order valence-corrected chi connectivity index (χ2v) is 3.98. The number of carbonyl (C=O) groups is 1. The van der Waals surface area contributed by atoms with E-state index < -0.39 is 11.6 Å². The Morgan fingerprint density at radius 3 is 2.63 bits per heavy atom. The summed E-state index contributed by atoms with van der Waals surface area (Å²) in [6.45, 7) is 4.83. The van der Waals surface area contributed by atoms with Crippen LogP contribution in [0.25, 0.3) is 11.0 Å². The van der Waals surface area contributed by atoms with Crippen molar-refractivity contribution in [2.45, 2.75) is 13.8 Å². The average molecular weight is 261 g/mol. The number of hydrogen-bond acceptors (Lipinski definition) is 5. The van der Waals surface area contributed by atoms with Crippen LogP contribution < -0.4 is 5.63 Å². The van der Waals surface area contributed by atoms with E-state index >= 15 is 0 Å². The van der Waals surface area contributed by atoms with Crippen LogP contribution in [0.2, 0.25) is 0 Å². The van der Waals surface area contributed by atoms with Crippen LogP contribution in [0.5, 0.6) is 0 Å². The monoisotopic (exact) mass is 261 g/mol. The van der Waals surface area contributed by atoms with E-state index in [9.17, 15) is 9.59 Å². The van der Waals surface area contributed by atoms with Crippen molar-refractivity contribution in [1.29, 1.82) is 0 Å². The van der Waals surface area contributed by atoms with Crippen LogP contribution in [0.4, 0.5) is 0 Å². The molecule has 1 heterocycles. The zero-order chi connectivity index (χ0) is 13.8. The number of fused-ring (bicyclic) bond motifs is 1. The number of para-hydroxylation sites is 1. The maximum absolute atomic E-state index is 11.9. The molecule has 1 aromatic heterocycles. The molecule has 2 rings (SSSR count). The van der Waals surface area contributed by atoms with Crippen molar-refractivity contribution in [2.75, 3.05) is 13.1 Å². The summed E-state index contributed by atoms with van der Waals surface area (Å²) in [5.41, 5.74) is -0.326. The zero-order valence-electron chi connectivity index (χ0n) is 10.9. The van der Waals surface area contributed by atoms with Gasteiger partial charge in [-0.3, -0.25) is 0 Å². The minimum atomic E-state index is -0.691. The molecule has 2 aromatic rings. The lowest BCUT2D eigenvalue weighted by atomic mass is 10.2. The smallest absolute Gasteiger partial charge is 0.364 e. The zero-order valence-corrected chi connectivity index (χ0v) is 10.9. The highest BCUT2D eigenvalue weighted by Gasteiger charge is 2.17. The Bertz CT molecular complexity index is 643. The highest BCUT2D eigenvalue weighted by Crippen LogP contribution is 2.13. The second kappa shape index (κ2) is 5.67. The Morgan fingerprint density at radius 2 is 1.95 bits per heavy atom. The fourth-order valence-electron chi connectivity index (χ4n) is 1.72. The molecule has 5 nitrogen and oxygen atoms in total. The Balaban J connectivity index is 2.36. The molecule has 0 bridgehead atoms. The molecule has 100 valence electrons. The first-order valence-electron chi connectivity index (χ1n) is 6.15. The van der Waals surface area contributed by atoms with Crippen molar-refractivity contribution < 1.29 is 14.0 Å². The summed E-state index contributed by atoms with van der Waals surface area (Å²) in [5.74, 6) is -0.691. The number of benzene rings is 1. The maximum atomic E-state index is 11.9. The van der Waals surface area contributed by atoms with Crippen LogP contribution in [0.15, 0.2) is 39.5 Å². The van der Waals surface area contributed by atoms with Gasteiger partial charge in [0.05, 0.1) is 0 Å². The number of hydroxylamine groups is 2. The van der Waals surface area contributed by atoms with Crippen LogP contribution in [0.1, 0.15) is 24.2 Å². The molecule has 0 fully saturated rings. The number of nitrogens with zero attached hydrogens (tertiary/aromatic N) is 1. The van der Waals surface area contributed by atoms with E-state index in [0.29, 0.717) is 24.1 Å². The van der Waals surface area contributed by atoms with Crippen molar-refractivity contribution in [1.82, 2.24) is 5.06 Å². The molecule has 0 atom stereocenters. The highest BCUT2D eigenvalue weighted by atomic mass is 16.7. The second-order valence-electron chi connectivity index (χ2n) is 3.98. The van der Waals surface area contributed by atoms with Crippen molar-refractivity contribution in [3.8, 4) is 0 Å². The first-order chi connectivity index (χ1) is 9.15. The minimum Gasteiger partial charge on any atom is -0.422 e. The molecule has 0 aliphatic rings. The third kappa shape index (κ3) is 2.82. The molecule has 0 amide bonds. The Hall–Kier alpha value is -2.14. The van der Waals surface area contributed by atoms with E-state index in [1.807, 2.05) is 19.9 Å². The summed E-state index contributed by atoms with van der Waals surface area (Å²) >= 11 is 0. The molecule has 0 saturated heterocycles. The van der Waals surface area contributed by atoms with Gasteiger partial charge in [-0.15, -0.1) is 5.06 Å². The van der Waals surface area contributed by atoms with Crippen molar-refractivity contribution in [2.24, 2.45) is 0 Å². The largest absolute Gasteiger partial charge is 0.422 e. The van der Waals surface area contributed by atoms with Gasteiger partial charge in [0.15, 0.2) is 0 Å². The third-order valence-electron chi connectivity index (χ3n) is 2.78. The predicted octanol–water partition coefficient (Wildman–Crippen LogP) is 2.21. The predicted molar refractivity (Wildman–Crippen MR) is 70.8 cm³/mol. The molecule has 0 saturated carbocycles. The van der Waals surface area contributed by atoms with E-state index in [1.54, 1.807) is 18.2 Å². The van der Waals surface area contributed by atoms with Crippen LogP contribution in [0.3, 0.4) is 0 Å². The summed E-state index contributed by atoms with van der Waals surface area (Å²) in [6, 6.07) is 8.51. The molecule has 19 heavy (non-hydrogen) atoms. The van der Waals surface area contributed by atoms with Crippen LogP contribution >= 0.6 is 0 Å². The number of hydrogen-bond donors (Lipinski definition) is 0. The van der Waals surface area contributed by atoms with Gasteiger partial charge in [0.1, 0.15) is 11.1 Å². The molecule has 0 aliphatic heterocycles.